The number of rotatable bonds is 2. The molecule has 0 radical (unpaired) electrons. The number of anilines is 1. The van der Waals surface area contributed by atoms with E-state index in [2.05, 4.69) is 10.3 Å². The maximum absolute atomic E-state index is 11.1. The summed E-state index contributed by atoms with van der Waals surface area (Å²) in [4.78, 5) is 14.8. The van der Waals surface area contributed by atoms with Crippen molar-refractivity contribution in [3.63, 3.8) is 0 Å². The molecule has 0 aliphatic carbocycles. The summed E-state index contributed by atoms with van der Waals surface area (Å²) in [5.74, 6) is -0.223. The summed E-state index contributed by atoms with van der Waals surface area (Å²) in [5, 5.41) is 13.3. The molecule has 66 valence electrons. The van der Waals surface area contributed by atoms with Crippen molar-refractivity contribution in [1.82, 2.24) is 4.98 Å². The van der Waals surface area contributed by atoms with Crippen LogP contribution in [-0.2, 0) is 4.79 Å². The van der Waals surface area contributed by atoms with Crippen LogP contribution in [0.4, 0.5) is 5.13 Å². The molecule has 1 aromatic heterocycles. The fourth-order valence-electron chi connectivity index (χ4n) is 0.572. The minimum atomic E-state index is -0.0932. The summed E-state index contributed by atoms with van der Waals surface area (Å²) in [6, 6.07) is 0. The third kappa shape index (κ3) is 2.20. The summed E-state index contributed by atoms with van der Waals surface area (Å²) in [6.45, 7) is 3.59. The van der Waals surface area contributed by atoms with Crippen molar-refractivity contribution in [3.8, 4) is 5.88 Å². The first-order valence-corrected chi connectivity index (χ1v) is 4.43. The molecule has 2 N–H and O–H groups in total. The van der Waals surface area contributed by atoms with Gasteiger partial charge in [0.15, 0.2) is 5.13 Å². The van der Waals surface area contributed by atoms with Gasteiger partial charge in [-0.1, -0.05) is 13.8 Å². The Balaban J connectivity index is 2.58. The summed E-state index contributed by atoms with van der Waals surface area (Å²) in [7, 11) is 0. The van der Waals surface area contributed by atoms with Crippen LogP contribution in [0.1, 0.15) is 13.8 Å². The van der Waals surface area contributed by atoms with E-state index in [-0.39, 0.29) is 17.7 Å². The monoisotopic (exact) mass is 186 g/mol. The van der Waals surface area contributed by atoms with Crippen molar-refractivity contribution < 1.29 is 9.90 Å². The summed E-state index contributed by atoms with van der Waals surface area (Å²) in [6.07, 6.45) is 0. The molecule has 0 spiro atoms. The van der Waals surface area contributed by atoms with E-state index < -0.39 is 0 Å². The lowest BCUT2D eigenvalue weighted by Gasteiger charge is -2.02. The highest BCUT2D eigenvalue weighted by Gasteiger charge is 2.08. The van der Waals surface area contributed by atoms with Crippen molar-refractivity contribution >= 4 is 22.4 Å². The standard InChI is InChI=1S/C7H10N2O2S/c1-4(2)6(11)9-7-8-5(10)3-12-7/h3-4,10H,1-2H3,(H,8,9,11). The van der Waals surface area contributed by atoms with Gasteiger partial charge in [0.2, 0.25) is 11.8 Å². The Morgan fingerprint density at radius 1 is 1.75 bits per heavy atom. The van der Waals surface area contributed by atoms with E-state index in [0.29, 0.717) is 5.13 Å². The maximum atomic E-state index is 11.1. The van der Waals surface area contributed by atoms with Gasteiger partial charge in [0.1, 0.15) is 0 Å². The lowest BCUT2D eigenvalue weighted by molar-refractivity contribution is -0.118. The van der Waals surface area contributed by atoms with Crippen LogP contribution in [0.2, 0.25) is 0 Å². The van der Waals surface area contributed by atoms with Crippen LogP contribution in [0.15, 0.2) is 5.38 Å². The average Bonchev–Trinajstić information content (AvgIpc) is 2.35. The molecule has 0 saturated carbocycles. The number of amides is 1. The maximum Gasteiger partial charge on any atom is 0.228 e. The van der Waals surface area contributed by atoms with Gasteiger partial charge in [-0.3, -0.25) is 4.79 Å². The van der Waals surface area contributed by atoms with E-state index in [4.69, 9.17) is 5.11 Å². The highest BCUT2D eigenvalue weighted by molar-refractivity contribution is 7.14. The van der Waals surface area contributed by atoms with Crippen LogP contribution in [0.25, 0.3) is 0 Å². The Labute approximate surface area is 74.3 Å². The molecule has 0 saturated heterocycles. The molecule has 5 heteroatoms. The first-order chi connectivity index (χ1) is 5.59. The predicted molar refractivity (Wildman–Crippen MR) is 47.2 cm³/mol. The predicted octanol–water partition coefficient (Wildman–Crippen LogP) is 1.44. The van der Waals surface area contributed by atoms with Gasteiger partial charge in [0.05, 0.1) is 5.38 Å². The molecule has 12 heavy (non-hydrogen) atoms. The van der Waals surface area contributed by atoms with Crippen molar-refractivity contribution in [3.05, 3.63) is 5.38 Å². The summed E-state index contributed by atoms with van der Waals surface area (Å²) < 4.78 is 0. The molecule has 1 rings (SSSR count). The lowest BCUT2D eigenvalue weighted by Crippen LogP contribution is -2.17. The average molecular weight is 186 g/mol. The SMILES string of the molecule is CC(C)C(=O)Nc1nc(O)cs1. The smallest absolute Gasteiger partial charge is 0.228 e. The van der Waals surface area contributed by atoms with E-state index in [9.17, 15) is 4.79 Å². The van der Waals surface area contributed by atoms with Crippen LogP contribution < -0.4 is 5.32 Å². The minimum Gasteiger partial charge on any atom is -0.493 e. The highest BCUT2D eigenvalue weighted by atomic mass is 32.1. The minimum absolute atomic E-state index is 0.0564. The summed E-state index contributed by atoms with van der Waals surface area (Å²) in [5.41, 5.74) is 0. The van der Waals surface area contributed by atoms with E-state index in [1.54, 1.807) is 13.8 Å². The zero-order chi connectivity index (χ0) is 9.14. The van der Waals surface area contributed by atoms with Crippen molar-refractivity contribution in [1.29, 1.82) is 0 Å². The van der Waals surface area contributed by atoms with Gasteiger partial charge in [0, 0.05) is 5.92 Å². The second kappa shape index (κ2) is 3.53. The Morgan fingerprint density at radius 3 is 2.83 bits per heavy atom. The van der Waals surface area contributed by atoms with E-state index in [0.717, 1.165) is 0 Å². The van der Waals surface area contributed by atoms with Gasteiger partial charge in [-0.2, -0.15) is 4.98 Å². The first kappa shape index (κ1) is 8.99. The molecule has 0 aliphatic rings. The molecular formula is C7H10N2O2S. The number of hydrogen-bond donors (Lipinski definition) is 2. The Morgan fingerprint density at radius 2 is 2.42 bits per heavy atom. The molecule has 0 unspecified atom stereocenters. The molecule has 1 aromatic rings. The second-order valence-electron chi connectivity index (χ2n) is 2.65. The number of hydrogen-bond acceptors (Lipinski definition) is 4. The van der Waals surface area contributed by atoms with Gasteiger partial charge >= 0.3 is 0 Å². The van der Waals surface area contributed by atoms with Gasteiger partial charge in [-0.05, 0) is 0 Å². The van der Waals surface area contributed by atoms with Crippen LogP contribution in [0, 0.1) is 5.92 Å². The molecule has 0 bridgehead atoms. The third-order valence-electron chi connectivity index (χ3n) is 1.25. The molecule has 0 atom stereocenters. The lowest BCUT2D eigenvalue weighted by atomic mass is 10.2. The fourth-order valence-corrected chi connectivity index (χ4v) is 1.15. The Bertz CT molecular complexity index is 283. The van der Waals surface area contributed by atoms with Crippen molar-refractivity contribution in [2.24, 2.45) is 5.92 Å². The van der Waals surface area contributed by atoms with E-state index >= 15 is 0 Å². The quantitative estimate of drug-likeness (QED) is 0.734. The number of carbonyl (C=O) groups excluding carboxylic acids is 1. The van der Waals surface area contributed by atoms with Gasteiger partial charge in [-0.15, -0.1) is 11.3 Å². The van der Waals surface area contributed by atoms with Crippen molar-refractivity contribution in [2.45, 2.75) is 13.8 Å². The second-order valence-corrected chi connectivity index (χ2v) is 3.51. The molecule has 0 aliphatic heterocycles. The van der Waals surface area contributed by atoms with Crippen LogP contribution in [-0.4, -0.2) is 16.0 Å². The number of nitrogens with zero attached hydrogens (tertiary/aromatic N) is 1. The topological polar surface area (TPSA) is 62.2 Å². The molecule has 0 aromatic carbocycles. The van der Waals surface area contributed by atoms with Crippen molar-refractivity contribution in [2.75, 3.05) is 5.32 Å². The van der Waals surface area contributed by atoms with Crippen LogP contribution in [0.5, 0.6) is 5.88 Å². The number of nitrogens with one attached hydrogen (secondary N) is 1. The van der Waals surface area contributed by atoms with E-state index in [1.165, 1.54) is 16.7 Å². The number of aromatic hydroxyl groups is 1. The van der Waals surface area contributed by atoms with Gasteiger partial charge < -0.3 is 10.4 Å². The Kier molecular flexibility index (Phi) is 2.65. The molecule has 1 heterocycles. The molecule has 4 nitrogen and oxygen atoms in total. The largest absolute Gasteiger partial charge is 0.493 e. The Hall–Kier alpha value is -1.10. The van der Waals surface area contributed by atoms with Crippen LogP contribution in [0.3, 0.4) is 0 Å². The van der Waals surface area contributed by atoms with Gasteiger partial charge in [-0.25, -0.2) is 0 Å². The molecular weight excluding hydrogens is 176 g/mol. The zero-order valence-electron chi connectivity index (χ0n) is 6.87. The number of thiazole rings is 1. The highest BCUT2D eigenvalue weighted by Crippen LogP contribution is 2.19. The number of aromatic nitrogens is 1. The van der Waals surface area contributed by atoms with E-state index in [1.807, 2.05) is 0 Å². The fraction of sp³-hybridized carbons (Fsp3) is 0.429. The third-order valence-corrected chi connectivity index (χ3v) is 1.99. The first-order valence-electron chi connectivity index (χ1n) is 3.55. The molecule has 0 fully saturated rings. The summed E-state index contributed by atoms with van der Waals surface area (Å²) >= 11 is 1.20. The number of carbonyl (C=O) groups is 1. The van der Waals surface area contributed by atoms with Crippen LogP contribution >= 0.6 is 11.3 Å². The normalized spacial score (nSPS) is 10.2. The molecule has 1 amide bonds. The van der Waals surface area contributed by atoms with Gasteiger partial charge in [0.25, 0.3) is 0 Å². The zero-order valence-corrected chi connectivity index (χ0v) is 7.68.